The van der Waals surface area contributed by atoms with Gasteiger partial charge in [-0.1, -0.05) is 11.6 Å². The summed E-state index contributed by atoms with van der Waals surface area (Å²) in [6, 6.07) is 6.47. The molecule has 0 spiro atoms. The fourth-order valence-corrected chi connectivity index (χ4v) is 4.61. The van der Waals surface area contributed by atoms with Gasteiger partial charge in [0.05, 0.1) is 0 Å². The number of fused-ring (bicyclic) bond motifs is 1. The maximum atomic E-state index is 12.2. The van der Waals surface area contributed by atoms with Crippen LogP contribution in [0.4, 0.5) is 0 Å². The molecule has 2 aromatic rings. The van der Waals surface area contributed by atoms with E-state index in [0.717, 1.165) is 12.8 Å². The van der Waals surface area contributed by atoms with Gasteiger partial charge in [0.1, 0.15) is 0 Å². The van der Waals surface area contributed by atoms with Gasteiger partial charge in [-0.15, -0.1) is 0 Å². The van der Waals surface area contributed by atoms with Crippen LogP contribution in [0.1, 0.15) is 35.6 Å². The molecule has 126 valence electrons. The molecule has 1 aliphatic heterocycles. The molecule has 0 bridgehead atoms. The van der Waals surface area contributed by atoms with E-state index in [-0.39, 0.29) is 0 Å². The van der Waals surface area contributed by atoms with Gasteiger partial charge in [0.15, 0.2) is 0 Å². The molecule has 1 aliphatic rings. The van der Waals surface area contributed by atoms with Gasteiger partial charge in [0, 0.05) is 49.7 Å². The highest BCUT2D eigenvalue weighted by Crippen LogP contribution is 2.34. The summed E-state index contributed by atoms with van der Waals surface area (Å²) < 4.78 is 27.3. The molecule has 0 amide bonds. The van der Waals surface area contributed by atoms with E-state index in [9.17, 15) is 8.42 Å². The van der Waals surface area contributed by atoms with Crippen molar-refractivity contribution in [3.05, 3.63) is 35.0 Å². The lowest BCUT2D eigenvalue weighted by molar-refractivity contribution is 0.300. The second-order valence-electron chi connectivity index (χ2n) is 6.68. The minimum atomic E-state index is -3.29. The number of aromatic amines is 1. The third kappa shape index (κ3) is 2.91. The number of benzene rings is 1. The average Bonchev–Trinajstić information content (AvgIpc) is 2.84. The van der Waals surface area contributed by atoms with E-state index in [4.69, 9.17) is 0 Å². The van der Waals surface area contributed by atoms with Crippen molar-refractivity contribution < 1.29 is 8.42 Å². The lowest BCUT2D eigenvalue weighted by Crippen LogP contribution is -2.44. The summed E-state index contributed by atoms with van der Waals surface area (Å²) in [5, 5.41) is 1.28. The summed E-state index contributed by atoms with van der Waals surface area (Å²) in [6.45, 7) is 5.44. The molecule has 1 aromatic heterocycles. The number of aromatic nitrogens is 1. The Morgan fingerprint density at radius 2 is 1.83 bits per heavy atom. The fraction of sp³-hybridized carbons (Fsp3) is 0.529. The Balaban J connectivity index is 1.82. The Labute approximate surface area is 138 Å². The molecule has 1 saturated heterocycles. The summed E-state index contributed by atoms with van der Waals surface area (Å²) in [5.41, 5.74) is 5.01. The molecule has 5 nitrogen and oxygen atoms in total. The molecule has 0 unspecified atom stereocenters. The van der Waals surface area contributed by atoms with Crippen molar-refractivity contribution in [2.75, 3.05) is 27.2 Å². The monoisotopic (exact) mass is 335 g/mol. The maximum Gasteiger partial charge on any atom is 0.281 e. The lowest BCUT2D eigenvalue weighted by atomic mass is 9.92. The lowest BCUT2D eigenvalue weighted by Gasteiger charge is -2.32. The number of nitrogens with zero attached hydrogens (tertiary/aromatic N) is 2. The largest absolute Gasteiger partial charge is 0.358 e. The molecule has 23 heavy (non-hydrogen) atoms. The van der Waals surface area contributed by atoms with E-state index in [2.05, 4.69) is 37.0 Å². The van der Waals surface area contributed by atoms with Crippen LogP contribution in [0.25, 0.3) is 10.9 Å². The Kier molecular flexibility index (Phi) is 4.25. The smallest absolute Gasteiger partial charge is 0.281 e. The predicted molar refractivity (Wildman–Crippen MR) is 93.9 cm³/mol. The number of H-pyrrole nitrogens is 1. The standard InChI is InChI=1S/C17H25N3O2S/c1-12-5-6-16-15(11-12)13(2)17(18-16)14-7-9-20(10-8-14)23(21,22)19(3)4/h5-6,11,14,18H,7-10H2,1-4H3. The first kappa shape index (κ1) is 16.5. The van der Waals surface area contributed by atoms with Crippen LogP contribution >= 0.6 is 0 Å². The molecular formula is C17H25N3O2S. The van der Waals surface area contributed by atoms with E-state index in [1.54, 1.807) is 18.4 Å². The van der Waals surface area contributed by atoms with Crippen LogP contribution in [0.3, 0.4) is 0 Å². The van der Waals surface area contributed by atoms with Crippen LogP contribution in [-0.2, 0) is 10.2 Å². The summed E-state index contributed by atoms with van der Waals surface area (Å²) in [7, 11) is -0.112. The zero-order valence-corrected chi connectivity index (χ0v) is 15.1. The van der Waals surface area contributed by atoms with Crippen LogP contribution in [0.5, 0.6) is 0 Å². The molecule has 1 fully saturated rings. The molecule has 2 heterocycles. The van der Waals surface area contributed by atoms with Gasteiger partial charge >= 0.3 is 0 Å². The Morgan fingerprint density at radius 1 is 1.17 bits per heavy atom. The Hall–Kier alpha value is -1.37. The van der Waals surface area contributed by atoms with E-state index in [1.165, 1.54) is 32.0 Å². The topological polar surface area (TPSA) is 56.4 Å². The van der Waals surface area contributed by atoms with Crippen molar-refractivity contribution in [3.8, 4) is 0 Å². The molecule has 0 radical (unpaired) electrons. The van der Waals surface area contributed by atoms with Crippen LogP contribution in [0.2, 0.25) is 0 Å². The highest BCUT2D eigenvalue weighted by Gasteiger charge is 2.31. The third-order valence-electron chi connectivity index (χ3n) is 4.90. The average molecular weight is 335 g/mol. The van der Waals surface area contributed by atoms with Gasteiger partial charge in [-0.2, -0.15) is 17.0 Å². The first-order chi connectivity index (χ1) is 10.8. The van der Waals surface area contributed by atoms with Gasteiger partial charge in [-0.05, 0) is 44.4 Å². The predicted octanol–water partition coefficient (Wildman–Crippen LogP) is 2.77. The zero-order valence-electron chi connectivity index (χ0n) is 14.3. The number of hydrogen-bond donors (Lipinski definition) is 1. The molecule has 6 heteroatoms. The van der Waals surface area contributed by atoms with Crippen molar-refractivity contribution in [2.45, 2.75) is 32.6 Å². The molecule has 3 rings (SSSR count). The normalized spacial score (nSPS) is 18.1. The minimum Gasteiger partial charge on any atom is -0.358 e. The van der Waals surface area contributed by atoms with Crippen LogP contribution in [0, 0.1) is 13.8 Å². The first-order valence-corrected chi connectivity index (χ1v) is 9.47. The molecule has 0 aliphatic carbocycles. The first-order valence-electron chi connectivity index (χ1n) is 8.07. The molecule has 1 aromatic carbocycles. The maximum absolute atomic E-state index is 12.2. The number of rotatable bonds is 3. The van der Waals surface area contributed by atoms with Gasteiger partial charge in [-0.25, -0.2) is 0 Å². The van der Waals surface area contributed by atoms with Crippen molar-refractivity contribution in [3.63, 3.8) is 0 Å². The van der Waals surface area contributed by atoms with Crippen molar-refractivity contribution >= 4 is 21.1 Å². The van der Waals surface area contributed by atoms with Crippen molar-refractivity contribution in [2.24, 2.45) is 0 Å². The van der Waals surface area contributed by atoms with E-state index in [0.29, 0.717) is 19.0 Å². The summed E-state index contributed by atoms with van der Waals surface area (Å²) >= 11 is 0. The highest BCUT2D eigenvalue weighted by molar-refractivity contribution is 7.86. The molecule has 1 N–H and O–H groups in total. The summed E-state index contributed by atoms with van der Waals surface area (Å²) in [4.78, 5) is 3.56. The van der Waals surface area contributed by atoms with Crippen LogP contribution in [0.15, 0.2) is 18.2 Å². The van der Waals surface area contributed by atoms with Gasteiger partial charge in [-0.3, -0.25) is 0 Å². The van der Waals surface area contributed by atoms with Crippen molar-refractivity contribution in [1.29, 1.82) is 0 Å². The Bertz CT molecular complexity index is 816. The zero-order chi connectivity index (χ0) is 16.8. The van der Waals surface area contributed by atoms with E-state index >= 15 is 0 Å². The molecule has 0 saturated carbocycles. The number of hydrogen-bond acceptors (Lipinski definition) is 2. The van der Waals surface area contributed by atoms with Crippen LogP contribution < -0.4 is 0 Å². The number of nitrogens with one attached hydrogen (secondary N) is 1. The number of piperidine rings is 1. The quantitative estimate of drug-likeness (QED) is 0.938. The van der Waals surface area contributed by atoms with Gasteiger partial charge in [0.25, 0.3) is 10.2 Å². The van der Waals surface area contributed by atoms with E-state index < -0.39 is 10.2 Å². The van der Waals surface area contributed by atoms with Crippen LogP contribution in [-0.4, -0.2) is 49.2 Å². The SMILES string of the molecule is Cc1ccc2[nH]c(C3CCN(S(=O)(=O)N(C)C)CC3)c(C)c2c1. The third-order valence-corrected chi connectivity index (χ3v) is 6.84. The second kappa shape index (κ2) is 5.92. The highest BCUT2D eigenvalue weighted by atomic mass is 32.2. The molecular weight excluding hydrogens is 310 g/mol. The fourth-order valence-electron chi connectivity index (χ4n) is 3.48. The van der Waals surface area contributed by atoms with Gasteiger partial charge < -0.3 is 4.98 Å². The number of aryl methyl sites for hydroxylation is 2. The van der Waals surface area contributed by atoms with Gasteiger partial charge in [0.2, 0.25) is 0 Å². The Morgan fingerprint density at radius 3 is 2.43 bits per heavy atom. The molecule has 0 atom stereocenters. The minimum absolute atomic E-state index is 0.399. The second-order valence-corrected chi connectivity index (χ2v) is 8.82. The summed E-state index contributed by atoms with van der Waals surface area (Å²) in [6.07, 6.45) is 1.72. The van der Waals surface area contributed by atoms with E-state index in [1.807, 2.05) is 0 Å². The van der Waals surface area contributed by atoms with Crippen molar-refractivity contribution in [1.82, 2.24) is 13.6 Å². The summed E-state index contributed by atoms with van der Waals surface area (Å²) in [5.74, 6) is 0.399.